The number of carbonyl (C=O) groups is 2. The summed E-state index contributed by atoms with van der Waals surface area (Å²) < 4.78 is 27.3. The molecule has 1 aromatic carbocycles. The molecular weight excluding hydrogens is 378 g/mol. The molecule has 2 amide bonds. The first kappa shape index (κ1) is 20.7. The number of piperidine rings is 1. The molecule has 1 aromatic rings. The highest BCUT2D eigenvalue weighted by Gasteiger charge is 2.30. The third-order valence-corrected chi connectivity index (χ3v) is 6.68. The van der Waals surface area contributed by atoms with Gasteiger partial charge in [0.25, 0.3) is 5.91 Å². The molecule has 144 valence electrons. The van der Waals surface area contributed by atoms with Crippen molar-refractivity contribution in [3.8, 4) is 0 Å². The monoisotopic (exact) mass is 401 g/mol. The van der Waals surface area contributed by atoms with Crippen molar-refractivity contribution in [1.29, 1.82) is 0 Å². The van der Waals surface area contributed by atoms with Gasteiger partial charge in [0.1, 0.15) is 4.90 Å². The first-order valence-corrected chi connectivity index (χ1v) is 10.2. The van der Waals surface area contributed by atoms with Crippen LogP contribution in [0.4, 0.5) is 0 Å². The molecule has 9 heteroatoms. The lowest BCUT2D eigenvalue weighted by atomic mass is 10.0. The molecule has 0 saturated carbocycles. The fourth-order valence-electron chi connectivity index (χ4n) is 2.76. The number of nitrogens with zero attached hydrogens (tertiary/aromatic N) is 2. The maximum absolute atomic E-state index is 12.9. The van der Waals surface area contributed by atoms with Crippen molar-refractivity contribution in [2.45, 2.75) is 24.7 Å². The van der Waals surface area contributed by atoms with Crippen molar-refractivity contribution in [1.82, 2.24) is 14.5 Å². The Morgan fingerprint density at radius 2 is 2.04 bits per heavy atom. The molecule has 1 heterocycles. The third-order valence-electron chi connectivity index (χ3n) is 4.33. The van der Waals surface area contributed by atoms with Crippen LogP contribution in [0.25, 0.3) is 0 Å². The molecule has 0 bridgehead atoms. The van der Waals surface area contributed by atoms with Gasteiger partial charge in [0.15, 0.2) is 0 Å². The van der Waals surface area contributed by atoms with Crippen molar-refractivity contribution < 1.29 is 18.0 Å². The SMILES string of the molecule is CC1CCCN(S(=O)(=O)c2cc(C(=O)NCC(=O)N(C)C)ccc2Cl)C1. The van der Waals surface area contributed by atoms with E-state index in [1.54, 1.807) is 14.1 Å². The fraction of sp³-hybridized carbons (Fsp3) is 0.529. The second kappa shape index (κ2) is 8.37. The fourth-order valence-corrected chi connectivity index (χ4v) is 4.86. The number of hydrogen-bond acceptors (Lipinski definition) is 4. The Hall–Kier alpha value is -1.64. The van der Waals surface area contributed by atoms with Gasteiger partial charge in [0.2, 0.25) is 15.9 Å². The van der Waals surface area contributed by atoms with E-state index in [-0.39, 0.29) is 33.9 Å². The molecule has 0 aromatic heterocycles. The van der Waals surface area contributed by atoms with Crippen LogP contribution in [0, 0.1) is 5.92 Å². The Morgan fingerprint density at radius 3 is 2.65 bits per heavy atom. The maximum atomic E-state index is 12.9. The molecule has 1 atom stereocenters. The Morgan fingerprint density at radius 1 is 1.35 bits per heavy atom. The Bertz CT molecular complexity index is 795. The number of rotatable bonds is 5. The third kappa shape index (κ3) is 4.75. The molecule has 2 rings (SSSR count). The standard InChI is InChI=1S/C17H24ClN3O4S/c1-12-5-4-8-21(11-12)26(24,25)15-9-13(6-7-14(15)18)17(23)19-10-16(22)20(2)3/h6-7,9,12H,4-5,8,10-11H2,1-3H3,(H,19,23). The topological polar surface area (TPSA) is 86.8 Å². The van der Waals surface area contributed by atoms with Crippen molar-refractivity contribution in [3.63, 3.8) is 0 Å². The summed E-state index contributed by atoms with van der Waals surface area (Å²) in [6, 6.07) is 4.10. The van der Waals surface area contributed by atoms with E-state index in [1.807, 2.05) is 6.92 Å². The summed E-state index contributed by atoms with van der Waals surface area (Å²) >= 11 is 6.11. The zero-order valence-electron chi connectivity index (χ0n) is 15.2. The summed E-state index contributed by atoms with van der Waals surface area (Å²) in [5.74, 6) is -0.511. The van der Waals surface area contributed by atoms with Gasteiger partial charge in [-0.25, -0.2) is 8.42 Å². The molecule has 7 nitrogen and oxygen atoms in total. The number of carbonyl (C=O) groups excluding carboxylic acids is 2. The summed E-state index contributed by atoms with van der Waals surface area (Å²) in [7, 11) is -0.611. The van der Waals surface area contributed by atoms with Gasteiger partial charge in [0, 0.05) is 32.7 Å². The van der Waals surface area contributed by atoms with Gasteiger partial charge in [-0.1, -0.05) is 18.5 Å². The number of likely N-dealkylation sites (N-methyl/N-ethyl adjacent to an activating group) is 1. The molecule has 0 aliphatic carbocycles. The molecule has 0 radical (unpaired) electrons. The molecule has 1 saturated heterocycles. The highest BCUT2D eigenvalue weighted by Crippen LogP contribution is 2.29. The summed E-state index contributed by atoms with van der Waals surface area (Å²) in [6.07, 6.45) is 1.78. The van der Waals surface area contributed by atoms with E-state index < -0.39 is 15.9 Å². The van der Waals surface area contributed by atoms with Crippen LogP contribution in [0.3, 0.4) is 0 Å². The van der Waals surface area contributed by atoms with Crippen molar-refractivity contribution in [2.75, 3.05) is 33.7 Å². The first-order valence-electron chi connectivity index (χ1n) is 8.41. The second-order valence-corrected chi connectivity index (χ2v) is 9.04. The summed E-state index contributed by atoms with van der Waals surface area (Å²) in [6.45, 7) is 2.72. The van der Waals surface area contributed by atoms with E-state index in [4.69, 9.17) is 11.6 Å². The van der Waals surface area contributed by atoms with Gasteiger partial charge in [-0.05, 0) is 37.0 Å². The van der Waals surface area contributed by atoms with Gasteiger partial charge >= 0.3 is 0 Å². The van der Waals surface area contributed by atoms with Crippen molar-refractivity contribution in [3.05, 3.63) is 28.8 Å². The minimum atomic E-state index is -3.78. The number of halogens is 1. The quantitative estimate of drug-likeness (QED) is 0.811. The van der Waals surface area contributed by atoms with Crippen LogP contribution in [-0.4, -0.2) is 63.2 Å². The van der Waals surface area contributed by atoms with Crippen LogP contribution in [0.1, 0.15) is 30.1 Å². The maximum Gasteiger partial charge on any atom is 0.251 e. The predicted molar refractivity (Wildman–Crippen MR) is 99.6 cm³/mol. The minimum Gasteiger partial charge on any atom is -0.347 e. The van der Waals surface area contributed by atoms with Gasteiger partial charge < -0.3 is 10.2 Å². The molecule has 1 N–H and O–H groups in total. The summed E-state index contributed by atoms with van der Waals surface area (Å²) in [4.78, 5) is 25.1. The highest BCUT2D eigenvalue weighted by molar-refractivity contribution is 7.89. The van der Waals surface area contributed by atoms with Gasteiger partial charge in [-0.15, -0.1) is 0 Å². The number of hydrogen-bond donors (Lipinski definition) is 1. The Balaban J connectivity index is 2.23. The molecule has 0 spiro atoms. The smallest absolute Gasteiger partial charge is 0.251 e. The van der Waals surface area contributed by atoms with E-state index in [2.05, 4.69) is 5.32 Å². The largest absolute Gasteiger partial charge is 0.347 e. The lowest BCUT2D eigenvalue weighted by Crippen LogP contribution is -2.39. The number of nitrogens with one attached hydrogen (secondary N) is 1. The zero-order valence-corrected chi connectivity index (χ0v) is 16.7. The molecule has 1 aliphatic heterocycles. The van der Waals surface area contributed by atoms with Crippen molar-refractivity contribution in [2.24, 2.45) is 5.92 Å². The first-order chi connectivity index (χ1) is 12.1. The van der Waals surface area contributed by atoms with Crippen LogP contribution in [0.5, 0.6) is 0 Å². The van der Waals surface area contributed by atoms with Crippen LogP contribution in [0.2, 0.25) is 5.02 Å². The lowest BCUT2D eigenvalue weighted by molar-refractivity contribution is -0.127. The van der Waals surface area contributed by atoms with E-state index >= 15 is 0 Å². The van der Waals surface area contributed by atoms with Gasteiger partial charge in [-0.2, -0.15) is 4.31 Å². The summed E-state index contributed by atoms with van der Waals surface area (Å²) in [5, 5.41) is 2.56. The molecule has 1 aliphatic rings. The molecule has 26 heavy (non-hydrogen) atoms. The lowest BCUT2D eigenvalue weighted by Gasteiger charge is -2.30. The molecule has 1 fully saturated rings. The average molecular weight is 402 g/mol. The van der Waals surface area contributed by atoms with E-state index in [1.165, 1.54) is 27.4 Å². The average Bonchev–Trinajstić information content (AvgIpc) is 2.59. The minimum absolute atomic E-state index is 0.0733. The number of benzene rings is 1. The van der Waals surface area contributed by atoms with E-state index in [0.29, 0.717) is 13.1 Å². The molecule has 1 unspecified atom stereocenters. The van der Waals surface area contributed by atoms with Gasteiger partial charge in [-0.3, -0.25) is 9.59 Å². The predicted octanol–water partition coefficient (Wildman–Crippen LogP) is 1.58. The van der Waals surface area contributed by atoms with E-state index in [9.17, 15) is 18.0 Å². The molecular formula is C17H24ClN3O4S. The van der Waals surface area contributed by atoms with E-state index in [0.717, 1.165) is 12.8 Å². The Labute approximate surface area is 159 Å². The Kier molecular flexibility index (Phi) is 6.65. The normalized spacial score (nSPS) is 18.4. The van der Waals surface area contributed by atoms with Crippen LogP contribution < -0.4 is 5.32 Å². The number of amides is 2. The van der Waals surface area contributed by atoms with Crippen LogP contribution in [-0.2, 0) is 14.8 Å². The highest BCUT2D eigenvalue weighted by atomic mass is 35.5. The van der Waals surface area contributed by atoms with Crippen LogP contribution in [0.15, 0.2) is 23.1 Å². The van der Waals surface area contributed by atoms with Crippen LogP contribution >= 0.6 is 11.6 Å². The zero-order chi connectivity index (χ0) is 19.5. The second-order valence-electron chi connectivity index (χ2n) is 6.73. The van der Waals surface area contributed by atoms with Crippen molar-refractivity contribution >= 4 is 33.4 Å². The van der Waals surface area contributed by atoms with Gasteiger partial charge in [0.05, 0.1) is 11.6 Å². The summed E-state index contributed by atoms with van der Waals surface area (Å²) in [5.41, 5.74) is 0.143. The number of sulfonamides is 1.